The van der Waals surface area contributed by atoms with Gasteiger partial charge in [0.2, 0.25) is 0 Å². The van der Waals surface area contributed by atoms with Crippen LogP contribution in [0.5, 0.6) is 0 Å². The molecule has 7 rings (SSSR count). The Balaban J connectivity index is 1.14. The highest BCUT2D eigenvalue weighted by Crippen LogP contribution is 2.41. The third-order valence-corrected chi connectivity index (χ3v) is 8.07. The standard InChI is InChI=1S/C31H34N8O/c1-36-20-26-8-7-25-17-32-28(15-22-16-34-39(19-22)10-9-38-11-13-40-14-12-38)35-30(25)29(26)31(36)24-5-3-23(4-6-24)27-18-33-37(2)21-27/h3-6,16-21H,7-15H2,1-2H3. The zero-order chi connectivity index (χ0) is 27.1. The second-order valence-corrected chi connectivity index (χ2v) is 10.9. The fourth-order valence-electron chi connectivity index (χ4n) is 5.95. The number of hydrogen-bond acceptors (Lipinski definition) is 6. The van der Waals surface area contributed by atoms with Crippen molar-refractivity contribution in [3.63, 3.8) is 0 Å². The van der Waals surface area contributed by atoms with Crippen molar-refractivity contribution in [3.8, 4) is 33.6 Å². The van der Waals surface area contributed by atoms with E-state index in [-0.39, 0.29) is 0 Å². The zero-order valence-electron chi connectivity index (χ0n) is 23.1. The zero-order valence-corrected chi connectivity index (χ0v) is 23.1. The molecular weight excluding hydrogens is 500 g/mol. The van der Waals surface area contributed by atoms with Gasteiger partial charge in [0.25, 0.3) is 0 Å². The van der Waals surface area contributed by atoms with Gasteiger partial charge in [0.15, 0.2) is 0 Å². The molecule has 9 heteroatoms. The summed E-state index contributed by atoms with van der Waals surface area (Å²) in [5, 5.41) is 8.92. The molecule has 0 spiro atoms. The molecule has 5 aromatic rings. The summed E-state index contributed by atoms with van der Waals surface area (Å²) >= 11 is 0. The Morgan fingerprint density at radius 1 is 0.800 bits per heavy atom. The highest BCUT2D eigenvalue weighted by molar-refractivity contribution is 5.86. The maximum atomic E-state index is 5.46. The van der Waals surface area contributed by atoms with Gasteiger partial charge >= 0.3 is 0 Å². The van der Waals surface area contributed by atoms with Crippen LogP contribution in [0.15, 0.2) is 61.4 Å². The topological polar surface area (TPSA) is 78.8 Å². The Kier molecular flexibility index (Phi) is 6.53. The van der Waals surface area contributed by atoms with E-state index >= 15 is 0 Å². The molecule has 1 saturated heterocycles. The molecule has 204 valence electrons. The third kappa shape index (κ3) is 4.87. The van der Waals surface area contributed by atoms with E-state index in [2.05, 4.69) is 63.4 Å². The van der Waals surface area contributed by atoms with Gasteiger partial charge in [-0.1, -0.05) is 24.3 Å². The first kappa shape index (κ1) is 24.9. The molecule has 1 fully saturated rings. The first-order chi connectivity index (χ1) is 19.6. The highest BCUT2D eigenvalue weighted by atomic mass is 16.5. The van der Waals surface area contributed by atoms with E-state index in [0.717, 1.165) is 80.4 Å². The predicted molar refractivity (Wildman–Crippen MR) is 154 cm³/mol. The van der Waals surface area contributed by atoms with E-state index in [4.69, 9.17) is 14.7 Å². The smallest absolute Gasteiger partial charge is 0.133 e. The number of ether oxygens (including phenoxy) is 1. The van der Waals surface area contributed by atoms with Gasteiger partial charge < -0.3 is 9.30 Å². The van der Waals surface area contributed by atoms with E-state index in [1.165, 1.54) is 27.9 Å². The summed E-state index contributed by atoms with van der Waals surface area (Å²) in [5.74, 6) is 0.834. The lowest BCUT2D eigenvalue weighted by molar-refractivity contribution is 0.0359. The van der Waals surface area contributed by atoms with Crippen LogP contribution in [0.25, 0.3) is 33.6 Å². The average Bonchev–Trinajstić information content (AvgIpc) is 3.71. The van der Waals surface area contributed by atoms with Crippen LogP contribution >= 0.6 is 0 Å². The Morgan fingerprint density at radius 2 is 1.60 bits per heavy atom. The molecule has 0 bridgehead atoms. The minimum atomic E-state index is 0.669. The summed E-state index contributed by atoms with van der Waals surface area (Å²) in [6, 6.07) is 8.77. The lowest BCUT2D eigenvalue weighted by atomic mass is 9.89. The molecule has 1 aliphatic carbocycles. The lowest BCUT2D eigenvalue weighted by Gasteiger charge is -2.26. The second-order valence-electron chi connectivity index (χ2n) is 10.9. The van der Waals surface area contributed by atoms with Gasteiger partial charge in [-0.2, -0.15) is 10.2 Å². The van der Waals surface area contributed by atoms with Crippen molar-refractivity contribution in [1.82, 2.24) is 39.0 Å². The van der Waals surface area contributed by atoms with Gasteiger partial charge in [-0.05, 0) is 40.7 Å². The lowest BCUT2D eigenvalue weighted by Crippen LogP contribution is -2.38. The quantitative estimate of drug-likeness (QED) is 0.316. The molecule has 9 nitrogen and oxygen atoms in total. The van der Waals surface area contributed by atoms with E-state index < -0.39 is 0 Å². The van der Waals surface area contributed by atoms with Crippen molar-refractivity contribution in [1.29, 1.82) is 0 Å². The van der Waals surface area contributed by atoms with E-state index in [1.54, 1.807) is 0 Å². The van der Waals surface area contributed by atoms with Crippen LogP contribution in [0.4, 0.5) is 0 Å². The number of benzene rings is 1. The number of hydrogen-bond donors (Lipinski definition) is 0. The molecule has 0 unspecified atom stereocenters. The average molecular weight is 535 g/mol. The van der Waals surface area contributed by atoms with E-state index in [0.29, 0.717) is 6.42 Å². The third-order valence-electron chi connectivity index (χ3n) is 8.07. The fourth-order valence-corrected chi connectivity index (χ4v) is 5.95. The predicted octanol–water partition coefficient (Wildman–Crippen LogP) is 3.77. The molecule has 0 atom stereocenters. The van der Waals surface area contributed by atoms with Gasteiger partial charge in [-0.3, -0.25) is 14.3 Å². The van der Waals surface area contributed by atoms with Crippen LogP contribution in [0.3, 0.4) is 0 Å². The summed E-state index contributed by atoms with van der Waals surface area (Å²) in [7, 11) is 4.08. The van der Waals surface area contributed by atoms with Crippen LogP contribution in [0.2, 0.25) is 0 Å². The number of rotatable bonds is 7. The molecule has 0 radical (unpaired) electrons. The second kappa shape index (κ2) is 10.5. The number of nitrogens with zero attached hydrogens (tertiary/aromatic N) is 8. The molecule has 0 saturated carbocycles. The van der Waals surface area contributed by atoms with Crippen molar-refractivity contribution < 1.29 is 4.74 Å². The van der Waals surface area contributed by atoms with Gasteiger partial charge in [-0.25, -0.2) is 9.97 Å². The Bertz CT molecular complexity index is 1640. The molecule has 2 aliphatic rings. The summed E-state index contributed by atoms with van der Waals surface area (Å²) in [5.41, 5.74) is 10.7. The van der Waals surface area contributed by atoms with Crippen molar-refractivity contribution in [2.75, 3.05) is 32.8 Å². The first-order valence-corrected chi connectivity index (χ1v) is 14.0. The minimum absolute atomic E-state index is 0.669. The maximum absolute atomic E-state index is 5.46. The van der Waals surface area contributed by atoms with Gasteiger partial charge in [0.1, 0.15) is 5.82 Å². The van der Waals surface area contributed by atoms with Crippen LogP contribution in [0.1, 0.15) is 22.5 Å². The summed E-state index contributed by atoms with van der Waals surface area (Å²) < 4.78 is 11.6. The van der Waals surface area contributed by atoms with Crippen LogP contribution in [-0.4, -0.2) is 71.8 Å². The largest absolute Gasteiger partial charge is 0.379 e. The molecule has 1 aromatic carbocycles. The fraction of sp³-hybridized carbons (Fsp3) is 0.355. The molecular formula is C31H34N8O. The van der Waals surface area contributed by atoms with Gasteiger partial charge in [0.05, 0.1) is 43.5 Å². The number of aryl methyl sites for hydroxylation is 4. The molecule has 5 heterocycles. The minimum Gasteiger partial charge on any atom is -0.379 e. The van der Waals surface area contributed by atoms with Crippen LogP contribution < -0.4 is 0 Å². The van der Waals surface area contributed by atoms with Crippen LogP contribution in [-0.2, 0) is 44.6 Å². The van der Waals surface area contributed by atoms with E-state index in [1.807, 2.05) is 41.2 Å². The Labute approximate surface area is 234 Å². The van der Waals surface area contributed by atoms with Gasteiger partial charge in [-0.15, -0.1) is 0 Å². The Hall–Kier alpha value is -4.08. The monoisotopic (exact) mass is 534 g/mol. The van der Waals surface area contributed by atoms with Crippen molar-refractivity contribution in [2.45, 2.75) is 25.8 Å². The molecule has 1 aliphatic heterocycles. The maximum Gasteiger partial charge on any atom is 0.133 e. The van der Waals surface area contributed by atoms with Gasteiger partial charge in [0, 0.05) is 76.1 Å². The number of fused-ring (bicyclic) bond motifs is 3. The molecule has 4 aromatic heterocycles. The molecule has 0 N–H and O–H groups in total. The summed E-state index contributed by atoms with van der Waals surface area (Å²) in [6.45, 7) is 5.50. The van der Waals surface area contributed by atoms with Crippen molar-refractivity contribution >= 4 is 0 Å². The number of aromatic nitrogens is 7. The SMILES string of the molecule is Cn1cc(-c2ccc(-c3c4c(cn3C)CCc3cnc(Cc5cnn(CCN6CCOCC6)c5)nc3-4)cc2)cn1. The molecule has 0 amide bonds. The Morgan fingerprint density at radius 3 is 2.40 bits per heavy atom. The highest BCUT2D eigenvalue weighted by Gasteiger charge is 2.25. The summed E-state index contributed by atoms with van der Waals surface area (Å²) in [4.78, 5) is 12.3. The normalized spacial score (nSPS) is 15.2. The van der Waals surface area contributed by atoms with Crippen LogP contribution in [0, 0.1) is 0 Å². The van der Waals surface area contributed by atoms with Crippen molar-refractivity contribution in [3.05, 3.63) is 84.0 Å². The first-order valence-electron chi connectivity index (χ1n) is 14.0. The number of morpholine rings is 1. The summed E-state index contributed by atoms with van der Waals surface area (Å²) in [6.07, 6.45) is 15.0. The van der Waals surface area contributed by atoms with E-state index in [9.17, 15) is 0 Å². The molecule has 40 heavy (non-hydrogen) atoms. The van der Waals surface area contributed by atoms with Crippen molar-refractivity contribution in [2.24, 2.45) is 14.1 Å².